The lowest BCUT2D eigenvalue weighted by molar-refractivity contribution is 0.252. The van der Waals surface area contributed by atoms with Crippen molar-refractivity contribution in [1.29, 1.82) is 0 Å². The smallest absolute Gasteiger partial charge is 0.319 e. The first-order valence-electron chi connectivity index (χ1n) is 10.3. The highest BCUT2D eigenvalue weighted by atomic mass is 35.5. The topological polar surface area (TPSA) is 75.4 Å². The second-order valence-corrected chi connectivity index (χ2v) is 7.83. The molecule has 0 fully saturated rings. The fourth-order valence-electron chi connectivity index (χ4n) is 3.80. The van der Waals surface area contributed by atoms with E-state index in [1.165, 1.54) is 18.2 Å². The summed E-state index contributed by atoms with van der Waals surface area (Å²) in [6.07, 6.45) is 1.95. The summed E-state index contributed by atoms with van der Waals surface area (Å²) >= 11 is 5.81. The standard InChI is InChI=1S/C25H23ClFN3O3/c1-32-23-10-7-15(11-24(23)33-2)18(19-14-28-22-6-4-3-5-17(19)22)13-29-25(31)30-16-8-9-21(27)20(26)12-16/h3-12,14,18,28H,13H2,1-2H3,(H2,29,30,31). The molecule has 1 aromatic heterocycles. The Morgan fingerprint density at radius 3 is 2.61 bits per heavy atom. The van der Waals surface area contributed by atoms with E-state index < -0.39 is 11.8 Å². The third kappa shape index (κ3) is 4.88. The number of amides is 2. The molecule has 0 aliphatic heterocycles. The number of para-hydroxylation sites is 1. The average Bonchev–Trinajstić information content (AvgIpc) is 3.25. The van der Waals surface area contributed by atoms with Crippen molar-refractivity contribution in [3.63, 3.8) is 0 Å². The monoisotopic (exact) mass is 467 g/mol. The molecule has 0 saturated carbocycles. The highest BCUT2D eigenvalue weighted by Crippen LogP contribution is 2.35. The predicted octanol–water partition coefficient (Wildman–Crippen LogP) is 5.93. The summed E-state index contributed by atoms with van der Waals surface area (Å²) in [5.41, 5.74) is 3.38. The maximum absolute atomic E-state index is 13.4. The number of rotatable bonds is 7. The molecule has 3 aromatic carbocycles. The number of halogens is 2. The summed E-state index contributed by atoms with van der Waals surface area (Å²) in [5, 5.41) is 6.60. The zero-order valence-corrected chi connectivity index (χ0v) is 18.9. The van der Waals surface area contributed by atoms with E-state index in [2.05, 4.69) is 15.6 Å². The number of hydrogen-bond acceptors (Lipinski definition) is 3. The number of H-pyrrole nitrogens is 1. The van der Waals surface area contributed by atoms with Gasteiger partial charge in [-0.2, -0.15) is 0 Å². The Morgan fingerprint density at radius 1 is 1.06 bits per heavy atom. The van der Waals surface area contributed by atoms with Gasteiger partial charge in [-0.25, -0.2) is 9.18 Å². The average molecular weight is 468 g/mol. The quantitative estimate of drug-likeness (QED) is 0.315. The number of carbonyl (C=O) groups excluding carboxylic acids is 1. The zero-order valence-electron chi connectivity index (χ0n) is 18.1. The molecular formula is C25H23ClFN3O3. The van der Waals surface area contributed by atoms with Crippen LogP contribution in [0.2, 0.25) is 5.02 Å². The molecular weight excluding hydrogens is 445 g/mol. The number of benzene rings is 3. The molecule has 170 valence electrons. The molecule has 0 aliphatic rings. The van der Waals surface area contributed by atoms with Gasteiger partial charge in [-0.3, -0.25) is 0 Å². The minimum atomic E-state index is -0.546. The van der Waals surface area contributed by atoms with Gasteiger partial charge in [0.2, 0.25) is 0 Å². The van der Waals surface area contributed by atoms with Gasteiger partial charge in [0.15, 0.2) is 11.5 Å². The molecule has 0 spiro atoms. The maximum Gasteiger partial charge on any atom is 0.319 e. The van der Waals surface area contributed by atoms with Crippen molar-refractivity contribution in [3.05, 3.63) is 88.8 Å². The van der Waals surface area contributed by atoms with E-state index in [1.54, 1.807) is 14.2 Å². The summed E-state index contributed by atoms with van der Waals surface area (Å²) in [7, 11) is 3.17. The molecule has 6 nitrogen and oxygen atoms in total. The molecule has 0 aliphatic carbocycles. The number of methoxy groups -OCH3 is 2. The SMILES string of the molecule is COc1ccc(C(CNC(=O)Nc2ccc(F)c(Cl)c2)c2c[nH]c3ccccc23)cc1OC. The fraction of sp³-hybridized carbons (Fsp3) is 0.160. The number of hydrogen-bond donors (Lipinski definition) is 3. The van der Waals surface area contributed by atoms with Crippen molar-refractivity contribution in [2.45, 2.75) is 5.92 Å². The van der Waals surface area contributed by atoms with Crippen LogP contribution >= 0.6 is 11.6 Å². The summed E-state index contributed by atoms with van der Waals surface area (Å²) < 4.78 is 24.2. The molecule has 4 aromatic rings. The third-order valence-electron chi connectivity index (χ3n) is 5.45. The van der Waals surface area contributed by atoms with Gasteiger partial charge >= 0.3 is 6.03 Å². The van der Waals surface area contributed by atoms with Crippen molar-refractivity contribution < 1.29 is 18.7 Å². The van der Waals surface area contributed by atoms with Crippen LogP contribution in [-0.2, 0) is 0 Å². The molecule has 2 amide bonds. The van der Waals surface area contributed by atoms with Crippen LogP contribution in [-0.4, -0.2) is 31.8 Å². The molecule has 1 heterocycles. The van der Waals surface area contributed by atoms with Crippen molar-refractivity contribution in [3.8, 4) is 11.5 Å². The number of fused-ring (bicyclic) bond motifs is 1. The van der Waals surface area contributed by atoms with Crippen molar-refractivity contribution in [2.75, 3.05) is 26.1 Å². The van der Waals surface area contributed by atoms with E-state index in [1.807, 2.05) is 48.7 Å². The van der Waals surface area contributed by atoms with Gasteiger partial charge in [-0.15, -0.1) is 0 Å². The summed E-state index contributed by atoms with van der Waals surface area (Å²) in [4.78, 5) is 15.9. The lowest BCUT2D eigenvalue weighted by Crippen LogP contribution is -2.32. The largest absolute Gasteiger partial charge is 0.493 e. The van der Waals surface area contributed by atoms with Crippen molar-refractivity contribution in [2.24, 2.45) is 0 Å². The first-order valence-corrected chi connectivity index (χ1v) is 10.7. The summed E-state index contributed by atoms with van der Waals surface area (Å²) in [6, 6.07) is 17.3. The molecule has 0 bridgehead atoms. The van der Waals surface area contributed by atoms with Crippen LogP contribution in [0.4, 0.5) is 14.9 Å². The number of urea groups is 1. The number of aromatic nitrogens is 1. The highest BCUT2D eigenvalue weighted by molar-refractivity contribution is 6.31. The lowest BCUT2D eigenvalue weighted by atomic mass is 9.90. The van der Waals surface area contributed by atoms with Crippen LogP contribution < -0.4 is 20.1 Å². The van der Waals surface area contributed by atoms with E-state index in [0.717, 1.165) is 22.0 Å². The number of ether oxygens (including phenoxy) is 2. The van der Waals surface area contributed by atoms with Crippen molar-refractivity contribution >= 4 is 34.2 Å². The van der Waals surface area contributed by atoms with Gasteiger partial charge in [-0.05, 0) is 47.5 Å². The second kappa shape index (κ2) is 9.83. The van der Waals surface area contributed by atoms with E-state index in [0.29, 0.717) is 23.7 Å². The van der Waals surface area contributed by atoms with E-state index in [9.17, 15) is 9.18 Å². The molecule has 0 saturated heterocycles. The molecule has 1 atom stereocenters. The summed E-state index contributed by atoms with van der Waals surface area (Å²) in [6.45, 7) is 0.304. The normalized spacial score (nSPS) is 11.8. The Labute approximate surface area is 195 Å². The Hall–Kier alpha value is -3.71. The predicted molar refractivity (Wildman–Crippen MR) is 128 cm³/mol. The number of aromatic amines is 1. The minimum absolute atomic E-state index is 0.0604. The maximum atomic E-state index is 13.4. The second-order valence-electron chi connectivity index (χ2n) is 7.42. The van der Waals surface area contributed by atoms with Gasteiger partial charge in [0.05, 0.1) is 19.2 Å². The van der Waals surface area contributed by atoms with E-state index in [-0.39, 0.29) is 10.9 Å². The van der Waals surface area contributed by atoms with E-state index in [4.69, 9.17) is 21.1 Å². The Bertz CT molecular complexity index is 1290. The zero-order chi connectivity index (χ0) is 23.4. The number of carbonyl (C=O) groups is 1. The van der Waals surface area contributed by atoms with Crippen LogP contribution in [0.15, 0.2) is 66.9 Å². The molecule has 8 heteroatoms. The first kappa shape index (κ1) is 22.5. The molecule has 1 unspecified atom stereocenters. The van der Waals surface area contributed by atoms with Crippen LogP contribution in [0.25, 0.3) is 10.9 Å². The fourth-order valence-corrected chi connectivity index (χ4v) is 3.98. The van der Waals surface area contributed by atoms with Gasteiger partial charge in [0.25, 0.3) is 0 Å². The minimum Gasteiger partial charge on any atom is -0.493 e. The summed E-state index contributed by atoms with van der Waals surface area (Å²) in [5.74, 6) is 0.502. The van der Waals surface area contributed by atoms with Gasteiger partial charge in [0, 0.05) is 35.2 Å². The van der Waals surface area contributed by atoms with Gasteiger partial charge in [-0.1, -0.05) is 35.9 Å². The van der Waals surface area contributed by atoms with Crippen molar-refractivity contribution in [1.82, 2.24) is 10.3 Å². The van der Waals surface area contributed by atoms with Gasteiger partial charge < -0.3 is 25.1 Å². The Balaban J connectivity index is 1.62. The number of nitrogens with one attached hydrogen (secondary N) is 3. The van der Waals surface area contributed by atoms with E-state index >= 15 is 0 Å². The Kier molecular flexibility index (Phi) is 6.70. The highest BCUT2D eigenvalue weighted by Gasteiger charge is 2.21. The lowest BCUT2D eigenvalue weighted by Gasteiger charge is -2.20. The van der Waals surface area contributed by atoms with Crippen LogP contribution in [0, 0.1) is 5.82 Å². The first-order chi connectivity index (χ1) is 16.0. The molecule has 33 heavy (non-hydrogen) atoms. The molecule has 0 radical (unpaired) electrons. The third-order valence-corrected chi connectivity index (χ3v) is 5.74. The van der Waals surface area contributed by atoms with Crippen LogP contribution in [0.1, 0.15) is 17.0 Å². The van der Waals surface area contributed by atoms with Crippen LogP contribution in [0.5, 0.6) is 11.5 Å². The molecule has 3 N–H and O–H groups in total. The number of anilines is 1. The Morgan fingerprint density at radius 2 is 1.85 bits per heavy atom. The molecule has 4 rings (SSSR count). The van der Waals surface area contributed by atoms with Crippen LogP contribution in [0.3, 0.4) is 0 Å². The van der Waals surface area contributed by atoms with Gasteiger partial charge in [0.1, 0.15) is 5.82 Å².